The van der Waals surface area contributed by atoms with Gasteiger partial charge in [0.2, 0.25) is 0 Å². The third-order valence-corrected chi connectivity index (χ3v) is 4.35. The summed E-state index contributed by atoms with van der Waals surface area (Å²) in [6.45, 7) is 0. The number of ether oxygens (including phenoxy) is 1. The number of methoxy groups -OCH3 is 1. The highest BCUT2D eigenvalue weighted by atomic mass is 19.4. The summed E-state index contributed by atoms with van der Waals surface area (Å²) in [6.07, 6.45) is -3.14. The van der Waals surface area contributed by atoms with Crippen LogP contribution in [-0.4, -0.2) is 27.4 Å². The monoisotopic (exact) mass is 385 g/mol. The maximum absolute atomic E-state index is 13.3. The largest absolute Gasteiger partial charge is 0.497 e. The van der Waals surface area contributed by atoms with E-state index >= 15 is 0 Å². The van der Waals surface area contributed by atoms with Gasteiger partial charge in [0.1, 0.15) is 11.4 Å². The predicted molar refractivity (Wildman–Crippen MR) is 96.8 cm³/mol. The van der Waals surface area contributed by atoms with E-state index in [1.54, 1.807) is 30.3 Å². The molecule has 4 rings (SSSR count). The lowest BCUT2D eigenvalue weighted by Crippen LogP contribution is -2.16. The summed E-state index contributed by atoms with van der Waals surface area (Å²) < 4.78 is 47.2. The van der Waals surface area contributed by atoms with Gasteiger partial charge in [0.15, 0.2) is 5.69 Å². The third-order valence-electron chi connectivity index (χ3n) is 4.35. The number of rotatable bonds is 3. The number of carbonyl (C=O) groups is 1. The Balaban J connectivity index is 1.87. The van der Waals surface area contributed by atoms with E-state index in [4.69, 9.17) is 4.74 Å². The van der Waals surface area contributed by atoms with Crippen molar-refractivity contribution in [2.24, 2.45) is 0 Å². The Hall–Kier alpha value is -3.55. The van der Waals surface area contributed by atoms with E-state index in [0.717, 1.165) is 16.1 Å². The van der Waals surface area contributed by atoms with Gasteiger partial charge in [-0.1, -0.05) is 18.2 Å². The minimum Gasteiger partial charge on any atom is -0.497 e. The van der Waals surface area contributed by atoms with E-state index in [1.165, 1.54) is 30.0 Å². The van der Waals surface area contributed by atoms with Crippen molar-refractivity contribution < 1.29 is 22.7 Å². The molecule has 0 aliphatic heterocycles. The molecule has 5 nitrogen and oxygen atoms in total. The number of aromatic nitrogens is 3. The number of fused-ring (bicyclic) bond motifs is 1. The molecule has 0 aliphatic rings. The highest BCUT2D eigenvalue weighted by Crippen LogP contribution is 2.30. The van der Waals surface area contributed by atoms with Crippen molar-refractivity contribution in [1.29, 1.82) is 0 Å². The van der Waals surface area contributed by atoms with Crippen LogP contribution in [0.5, 0.6) is 5.75 Å². The highest BCUT2D eigenvalue weighted by Gasteiger charge is 2.36. The first-order valence-corrected chi connectivity index (χ1v) is 8.31. The quantitative estimate of drug-likeness (QED) is 0.520. The second-order valence-corrected chi connectivity index (χ2v) is 6.07. The maximum Gasteiger partial charge on any atom is 0.435 e. The van der Waals surface area contributed by atoms with Crippen molar-refractivity contribution in [3.8, 4) is 11.4 Å². The first-order chi connectivity index (χ1) is 13.4. The molecular formula is C20H14F3N3O2. The van der Waals surface area contributed by atoms with Gasteiger partial charge < -0.3 is 4.74 Å². The van der Waals surface area contributed by atoms with Gasteiger partial charge in [0, 0.05) is 17.6 Å². The fraction of sp³-hybridized carbons (Fsp3) is 0.100. The van der Waals surface area contributed by atoms with Crippen molar-refractivity contribution >= 4 is 16.8 Å². The van der Waals surface area contributed by atoms with E-state index in [1.807, 2.05) is 12.1 Å². The topological polar surface area (TPSA) is 49.1 Å². The average Bonchev–Trinajstić information content (AvgIpc) is 3.32. The van der Waals surface area contributed by atoms with Gasteiger partial charge in [-0.3, -0.25) is 9.36 Å². The average molecular weight is 385 g/mol. The molecule has 142 valence electrons. The molecule has 0 saturated carbocycles. The zero-order valence-electron chi connectivity index (χ0n) is 14.6. The van der Waals surface area contributed by atoms with Crippen molar-refractivity contribution in [1.82, 2.24) is 14.3 Å². The van der Waals surface area contributed by atoms with Gasteiger partial charge in [-0.15, -0.1) is 0 Å². The Labute approximate surface area is 157 Å². The fourth-order valence-electron chi connectivity index (χ4n) is 2.98. The summed E-state index contributed by atoms with van der Waals surface area (Å²) in [4.78, 5) is 13.1. The maximum atomic E-state index is 13.3. The van der Waals surface area contributed by atoms with E-state index < -0.39 is 17.8 Å². The molecule has 0 atom stereocenters. The van der Waals surface area contributed by atoms with Gasteiger partial charge in [-0.2, -0.15) is 18.3 Å². The molecule has 2 heterocycles. The van der Waals surface area contributed by atoms with Gasteiger partial charge in [-0.05, 0) is 36.4 Å². The molecule has 4 aromatic rings. The molecular weight excluding hydrogens is 371 g/mol. The highest BCUT2D eigenvalue weighted by molar-refractivity contribution is 6.01. The number of hydrogen-bond donors (Lipinski definition) is 0. The van der Waals surface area contributed by atoms with E-state index in [-0.39, 0.29) is 5.69 Å². The van der Waals surface area contributed by atoms with Crippen LogP contribution in [0.15, 0.2) is 66.9 Å². The number of hydrogen-bond acceptors (Lipinski definition) is 3. The summed E-state index contributed by atoms with van der Waals surface area (Å²) in [6, 6.07) is 15.9. The Morgan fingerprint density at radius 1 is 1.04 bits per heavy atom. The Morgan fingerprint density at radius 3 is 2.43 bits per heavy atom. The number of para-hydroxylation sites is 1. The number of alkyl halides is 3. The Kier molecular flexibility index (Phi) is 4.18. The van der Waals surface area contributed by atoms with Crippen molar-refractivity contribution in [3.63, 3.8) is 0 Å². The molecule has 0 aliphatic carbocycles. The molecule has 0 unspecified atom stereocenters. The van der Waals surface area contributed by atoms with E-state index in [0.29, 0.717) is 17.0 Å². The summed E-state index contributed by atoms with van der Waals surface area (Å²) in [5.74, 6) is -0.0729. The standard InChI is InChI=1S/C20H14F3N3O2/c1-28-15-8-6-14(7-9-15)26-17(12-18(24-26)20(21,22)23)19(27)25-11-10-13-4-2-3-5-16(13)25/h2-12H,1H3. The van der Waals surface area contributed by atoms with Crippen LogP contribution in [0.25, 0.3) is 16.6 Å². The second kappa shape index (κ2) is 6.56. The summed E-state index contributed by atoms with van der Waals surface area (Å²) in [7, 11) is 1.48. The van der Waals surface area contributed by atoms with Crippen LogP contribution in [0.2, 0.25) is 0 Å². The second-order valence-electron chi connectivity index (χ2n) is 6.07. The molecule has 0 N–H and O–H groups in total. The third kappa shape index (κ3) is 3.02. The Morgan fingerprint density at radius 2 is 1.75 bits per heavy atom. The summed E-state index contributed by atoms with van der Waals surface area (Å²) in [5, 5.41) is 4.44. The fourth-order valence-corrected chi connectivity index (χ4v) is 2.98. The summed E-state index contributed by atoms with van der Waals surface area (Å²) >= 11 is 0. The molecule has 2 aromatic heterocycles. The van der Waals surface area contributed by atoms with Crippen molar-refractivity contribution in [3.05, 3.63) is 78.2 Å². The van der Waals surface area contributed by atoms with Crippen LogP contribution < -0.4 is 4.74 Å². The molecule has 8 heteroatoms. The van der Waals surface area contributed by atoms with Gasteiger partial charge in [0.05, 0.1) is 18.3 Å². The lowest BCUT2D eigenvalue weighted by atomic mass is 10.2. The van der Waals surface area contributed by atoms with Crippen molar-refractivity contribution in [2.75, 3.05) is 7.11 Å². The smallest absolute Gasteiger partial charge is 0.435 e. The first-order valence-electron chi connectivity index (χ1n) is 8.31. The van der Waals surface area contributed by atoms with E-state index in [9.17, 15) is 18.0 Å². The molecule has 0 amide bonds. The van der Waals surface area contributed by atoms with Crippen LogP contribution in [0, 0.1) is 0 Å². The van der Waals surface area contributed by atoms with Gasteiger partial charge in [-0.25, -0.2) is 4.68 Å². The first kappa shape index (κ1) is 17.8. The molecule has 0 radical (unpaired) electrons. The molecule has 0 spiro atoms. The molecule has 0 saturated heterocycles. The summed E-state index contributed by atoms with van der Waals surface area (Å²) in [5.41, 5.74) is -0.415. The predicted octanol–water partition coefficient (Wildman–Crippen LogP) is 4.54. The van der Waals surface area contributed by atoms with Crippen LogP contribution >= 0.6 is 0 Å². The van der Waals surface area contributed by atoms with Crippen LogP contribution in [0.3, 0.4) is 0 Å². The number of benzene rings is 2. The Bertz CT molecular complexity index is 1160. The minimum atomic E-state index is -4.68. The molecule has 28 heavy (non-hydrogen) atoms. The molecule has 0 bridgehead atoms. The van der Waals surface area contributed by atoms with Crippen LogP contribution in [0.4, 0.5) is 13.2 Å². The van der Waals surface area contributed by atoms with E-state index in [2.05, 4.69) is 5.10 Å². The number of nitrogens with zero attached hydrogens (tertiary/aromatic N) is 3. The normalized spacial score (nSPS) is 11.7. The minimum absolute atomic E-state index is 0.196. The SMILES string of the molecule is COc1ccc(-n2nc(C(F)(F)F)cc2C(=O)n2ccc3ccccc32)cc1. The van der Waals surface area contributed by atoms with Gasteiger partial charge in [0.25, 0.3) is 5.91 Å². The van der Waals surface area contributed by atoms with Crippen molar-refractivity contribution in [2.45, 2.75) is 6.18 Å². The number of halogens is 3. The lowest BCUT2D eigenvalue weighted by Gasteiger charge is -2.09. The zero-order chi connectivity index (χ0) is 19.9. The molecule has 0 fully saturated rings. The molecule has 2 aromatic carbocycles. The zero-order valence-corrected chi connectivity index (χ0v) is 14.6. The van der Waals surface area contributed by atoms with Crippen LogP contribution in [0.1, 0.15) is 16.2 Å². The van der Waals surface area contributed by atoms with Crippen LogP contribution in [-0.2, 0) is 6.18 Å². The van der Waals surface area contributed by atoms with Gasteiger partial charge >= 0.3 is 6.18 Å². The lowest BCUT2D eigenvalue weighted by molar-refractivity contribution is -0.141. The number of carbonyl (C=O) groups excluding carboxylic acids is 1.